The van der Waals surface area contributed by atoms with Crippen LogP contribution in [-0.2, 0) is 4.79 Å². The van der Waals surface area contributed by atoms with Crippen LogP contribution < -0.4 is 9.47 Å². The van der Waals surface area contributed by atoms with Crippen LogP contribution in [0.25, 0.3) is 6.08 Å². The first kappa shape index (κ1) is 14.6. The highest BCUT2D eigenvalue weighted by Crippen LogP contribution is 2.38. The first-order valence-corrected chi connectivity index (χ1v) is 7.83. The third-order valence-electron chi connectivity index (χ3n) is 4.04. The summed E-state index contributed by atoms with van der Waals surface area (Å²) in [7, 11) is 0. The summed E-state index contributed by atoms with van der Waals surface area (Å²) < 4.78 is 11.1. The van der Waals surface area contributed by atoms with Gasteiger partial charge in [-0.05, 0) is 43.5 Å². The van der Waals surface area contributed by atoms with Gasteiger partial charge in [-0.2, -0.15) is 0 Å². The second-order valence-corrected chi connectivity index (χ2v) is 6.00. The summed E-state index contributed by atoms with van der Waals surface area (Å²) in [5.41, 5.74) is 1.87. The molecular formula is C19H15NO4. The normalized spacial score (nSPS) is 17.5. The predicted molar refractivity (Wildman–Crippen MR) is 86.7 cm³/mol. The Kier molecular flexibility index (Phi) is 3.41. The zero-order valence-electron chi connectivity index (χ0n) is 13.1. The summed E-state index contributed by atoms with van der Waals surface area (Å²) >= 11 is 0. The van der Waals surface area contributed by atoms with E-state index in [4.69, 9.17) is 9.47 Å². The quantitative estimate of drug-likeness (QED) is 0.493. The van der Waals surface area contributed by atoms with Crippen LogP contribution in [0, 0.1) is 12.8 Å². The molecular weight excluding hydrogens is 306 g/mol. The first-order chi connectivity index (χ1) is 11.6. The number of hydrogen-bond acceptors (Lipinski definition) is 5. The van der Waals surface area contributed by atoms with Crippen molar-refractivity contribution in [2.24, 2.45) is 5.92 Å². The van der Waals surface area contributed by atoms with Gasteiger partial charge in [-0.15, -0.1) is 0 Å². The van der Waals surface area contributed by atoms with E-state index in [-0.39, 0.29) is 23.4 Å². The van der Waals surface area contributed by atoms with E-state index in [1.165, 1.54) is 0 Å². The molecule has 0 N–H and O–H groups in total. The van der Waals surface area contributed by atoms with Crippen molar-refractivity contribution in [3.63, 3.8) is 0 Å². The molecule has 2 aliphatic rings. The Bertz CT molecular complexity index is 866. The van der Waals surface area contributed by atoms with Crippen LogP contribution in [0.4, 0.5) is 0 Å². The van der Waals surface area contributed by atoms with E-state index in [1.807, 2.05) is 6.07 Å². The molecule has 0 spiro atoms. The number of nitrogens with zero attached hydrogens (tertiary/aromatic N) is 1. The maximum atomic E-state index is 12.5. The highest BCUT2D eigenvalue weighted by Gasteiger charge is 2.33. The molecule has 120 valence electrons. The topological polar surface area (TPSA) is 65.5 Å². The Morgan fingerprint density at radius 1 is 1.33 bits per heavy atom. The van der Waals surface area contributed by atoms with Crippen LogP contribution in [0.5, 0.6) is 11.5 Å². The lowest BCUT2D eigenvalue weighted by Crippen LogP contribution is -2.10. The highest BCUT2D eigenvalue weighted by molar-refractivity contribution is 6.15. The van der Waals surface area contributed by atoms with E-state index >= 15 is 0 Å². The average molecular weight is 321 g/mol. The van der Waals surface area contributed by atoms with E-state index in [2.05, 4.69) is 4.98 Å². The van der Waals surface area contributed by atoms with Crippen molar-refractivity contribution in [2.75, 3.05) is 0 Å². The summed E-state index contributed by atoms with van der Waals surface area (Å²) in [4.78, 5) is 28.5. The summed E-state index contributed by atoms with van der Waals surface area (Å²) in [6.07, 6.45) is 5.03. The lowest BCUT2D eigenvalue weighted by molar-refractivity contribution is -0.135. The smallest absolute Gasteiger partial charge is 0.314 e. The minimum atomic E-state index is -0.220. The molecule has 0 unspecified atom stereocenters. The Labute approximate surface area is 138 Å². The minimum absolute atomic E-state index is 0.0146. The number of carbonyl (C=O) groups excluding carboxylic acids is 2. The van der Waals surface area contributed by atoms with Gasteiger partial charge in [0.1, 0.15) is 11.5 Å². The Morgan fingerprint density at radius 2 is 2.17 bits per heavy atom. The van der Waals surface area contributed by atoms with Crippen LogP contribution >= 0.6 is 0 Å². The number of ether oxygens (including phenoxy) is 2. The number of carbonyl (C=O) groups is 2. The van der Waals surface area contributed by atoms with Crippen molar-refractivity contribution in [2.45, 2.75) is 19.8 Å². The summed E-state index contributed by atoms with van der Waals surface area (Å²) in [5.74, 6) is 0.658. The molecule has 0 bridgehead atoms. The molecule has 24 heavy (non-hydrogen) atoms. The van der Waals surface area contributed by atoms with Gasteiger partial charge in [0.05, 0.1) is 17.2 Å². The van der Waals surface area contributed by atoms with Crippen LogP contribution in [0.3, 0.4) is 0 Å². The number of aromatic nitrogens is 1. The molecule has 0 atom stereocenters. The van der Waals surface area contributed by atoms with E-state index < -0.39 is 0 Å². The largest absolute Gasteiger partial charge is 0.452 e. The van der Waals surface area contributed by atoms with E-state index in [0.29, 0.717) is 22.8 Å². The highest BCUT2D eigenvalue weighted by atomic mass is 16.5. The average Bonchev–Trinajstić information content (AvgIpc) is 3.35. The molecule has 2 aromatic rings. The zero-order valence-corrected chi connectivity index (χ0v) is 13.1. The van der Waals surface area contributed by atoms with Gasteiger partial charge in [0.2, 0.25) is 5.78 Å². The van der Waals surface area contributed by atoms with E-state index in [1.54, 1.807) is 43.5 Å². The third kappa shape index (κ3) is 2.69. The van der Waals surface area contributed by atoms with Crippen LogP contribution in [0.15, 0.2) is 42.3 Å². The molecule has 4 rings (SSSR count). The number of fused-ring (bicyclic) bond motifs is 1. The molecule has 1 aromatic carbocycles. The molecule has 0 amide bonds. The molecule has 5 nitrogen and oxygen atoms in total. The maximum Gasteiger partial charge on any atom is 0.314 e. The number of allylic oxidation sites excluding steroid dienone is 1. The molecule has 5 heteroatoms. The molecule has 0 radical (unpaired) electrons. The monoisotopic (exact) mass is 321 g/mol. The van der Waals surface area contributed by atoms with Crippen molar-refractivity contribution < 1.29 is 19.1 Å². The van der Waals surface area contributed by atoms with E-state index in [0.717, 1.165) is 18.4 Å². The number of esters is 1. The van der Waals surface area contributed by atoms with Gasteiger partial charge in [-0.1, -0.05) is 6.07 Å². The van der Waals surface area contributed by atoms with Crippen LogP contribution in [0.2, 0.25) is 0 Å². The fourth-order valence-corrected chi connectivity index (χ4v) is 2.65. The van der Waals surface area contributed by atoms with E-state index in [9.17, 15) is 9.59 Å². The predicted octanol–water partition coefficient (Wildman–Crippen LogP) is 3.32. The molecule has 1 fully saturated rings. The number of ketones is 1. The molecule has 1 aliphatic carbocycles. The fraction of sp³-hybridized carbons (Fsp3) is 0.211. The number of Topliss-reactive ketones (excluding diaryl/α,β-unsaturated/α-hetero) is 1. The summed E-state index contributed by atoms with van der Waals surface area (Å²) in [6, 6.07) is 8.73. The van der Waals surface area contributed by atoms with Crippen LogP contribution in [-0.4, -0.2) is 16.7 Å². The zero-order chi connectivity index (χ0) is 16.7. The molecule has 1 aromatic heterocycles. The van der Waals surface area contributed by atoms with Crippen molar-refractivity contribution in [3.8, 4) is 11.5 Å². The fourth-order valence-electron chi connectivity index (χ4n) is 2.65. The number of hydrogen-bond donors (Lipinski definition) is 0. The lowest BCUT2D eigenvalue weighted by atomic mass is 10.0. The molecule has 1 saturated carbocycles. The van der Waals surface area contributed by atoms with Crippen molar-refractivity contribution in [3.05, 3.63) is 59.1 Å². The van der Waals surface area contributed by atoms with Gasteiger partial charge >= 0.3 is 5.97 Å². The lowest BCUT2D eigenvalue weighted by Gasteiger charge is -2.07. The first-order valence-electron chi connectivity index (χ1n) is 7.83. The number of pyridine rings is 1. The third-order valence-corrected chi connectivity index (χ3v) is 4.04. The van der Waals surface area contributed by atoms with Crippen molar-refractivity contribution in [1.29, 1.82) is 0 Å². The Hall–Kier alpha value is -2.95. The molecule has 1 aliphatic heterocycles. The van der Waals surface area contributed by atoms with Crippen molar-refractivity contribution in [1.82, 2.24) is 4.98 Å². The van der Waals surface area contributed by atoms with Crippen LogP contribution in [0.1, 0.15) is 34.5 Å². The van der Waals surface area contributed by atoms with Gasteiger partial charge in [-0.25, -0.2) is 0 Å². The summed E-state index contributed by atoms with van der Waals surface area (Å²) in [6.45, 7) is 1.80. The van der Waals surface area contributed by atoms with Gasteiger partial charge in [0.25, 0.3) is 0 Å². The minimum Gasteiger partial charge on any atom is -0.452 e. The van der Waals surface area contributed by atoms with Gasteiger partial charge in [-0.3, -0.25) is 14.6 Å². The standard InChI is InChI=1S/C19H15NO4/c1-11-8-14(23-19(22)12-5-6-12)10-15-17(11)18(21)16(24-15)9-13-4-2-3-7-20-13/h2-4,7-10,12H,5-6H2,1H3/b16-9-. The van der Waals surface area contributed by atoms with Crippen molar-refractivity contribution >= 4 is 17.8 Å². The number of benzene rings is 1. The Morgan fingerprint density at radius 3 is 2.88 bits per heavy atom. The second kappa shape index (κ2) is 5.60. The molecule has 0 saturated heterocycles. The Balaban J connectivity index is 1.64. The van der Waals surface area contributed by atoms with Gasteiger partial charge < -0.3 is 9.47 Å². The second-order valence-electron chi connectivity index (χ2n) is 6.00. The number of aryl methyl sites for hydroxylation is 1. The van der Waals surface area contributed by atoms with Gasteiger partial charge in [0.15, 0.2) is 5.76 Å². The number of rotatable bonds is 3. The summed E-state index contributed by atoms with van der Waals surface area (Å²) in [5, 5.41) is 0. The SMILES string of the molecule is Cc1cc(OC(=O)C2CC2)cc2c1C(=O)/C(=C/c1ccccn1)O2. The maximum absolute atomic E-state index is 12.5. The van der Waals surface area contributed by atoms with Gasteiger partial charge in [0, 0.05) is 18.3 Å². The molecule has 2 heterocycles.